The molecule has 0 bridgehead atoms. The van der Waals surface area contributed by atoms with Crippen molar-refractivity contribution in [1.29, 1.82) is 0 Å². The zero-order valence-corrected chi connectivity index (χ0v) is 12.6. The van der Waals surface area contributed by atoms with Crippen molar-refractivity contribution in [2.45, 2.75) is 31.6 Å². The molecule has 6 nitrogen and oxygen atoms in total. The van der Waals surface area contributed by atoms with Crippen LogP contribution in [0.3, 0.4) is 0 Å². The lowest BCUT2D eigenvalue weighted by Gasteiger charge is -2.02. The molecular weight excluding hydrogens is 288 g/mol. The molecule has 17 heavy (non-hydrogen) atoms. The van der Waals surface area contributed by atoms with Gasteiger partial charge in [0.05, 0.1) is 5.25 Å². The summed E-state index contributed by atoms with van der Waals surface area (Å²) in [5, 5.41) is 12.5. The molecule has 0 aliphatic carbocycles. The van der Waals surface area contributed by atoms with Gasteiger partial charge in [0.2, 0.25) is 10.0 Å². The van der Waals surface area contributed by atoms with Gasteiger partial charge >= 0.3 is 5.97 Å². The first-order chi connectivity index (χ1) is 7.12. The summed E-state index contributed by atoms with van der Waals surface area (Å²) in [4.78, 5) is 10.1. The molecule has 0 rings (SSSR count). The van der Waals surface area contributed by atoms with Crippen molar-refractivity contribution < 1.29 is 18.3 Å². The average molecular weight is 309 g/mol. The second kappa shape index (κ2) is 11.1. The van der Waals surface area contributed by atoms with Gasteiger partial charge in [0, 0.05) is 0 Å². The molecule has 0 fully saturated rings. The molecule has 0 aromatic carbocycles. The summed E-state index contributed by atoms with van der Waals surface area (Å²) in [5.74, 6) is -0.1000. The quantitative estimate of drug-likeness (QED) is 0.669. The summed E-state index contributed by atoms with van der Waals surface area (Å²) in [6.45, 7) is 3.07. The highest BCUT2D eigenvalue weighted by Gasteiger charge is 2.09. The fraction of sp³-hybridized carbons (Fsp3) is 0.875. The van der Waals surface area contributed by atoms with Crippen LogP contribution in [0.25, 0.3) is 0 Å². The molecule has 9 heteroatoms. The van der Waals surface area contributed by atoms with Crippen molar-refractivity contribution in [1.82, 2.24) is 0 Å². The zero-order chi connectivity index (χ0) is 13.4. The summed E-state index contributed by atoms with van der Waals surface area (Å²) in [5.41, 5.74) is 5.19. The third-order valence-electron chi connectivity index (χ3n) is 1.61. The largest absolute Gasteiger partial charge is 0.480 e. The van der Waals surface area contributed by atoms with E-state index in [1.54, 1.807) is 11.8 Å². The highest BCUT2D eigenvalue weighted by atomic mass is 35.5. The molecule has 0 aromatic rings. The predicted octanol–water partition coefficient (Wildman–Crippen LogP) is 0.257. The summed E-state index contributed by atoms with van der Waals surface area (Å²) >= 11 is 1.60. The van der Waals surface area contributed by atoms with Gasteiger partial charge in [0.25, 0.3) is 0 Å². The Balaban J connectivity index is -0.000000224. The Kier molecular flexibility index (Phi) is 14.5. The van der Waals surface area contributed by atoms with E-state index < -0.39 is 27.3 Å². The topological polar surface area (TPSA) is 123 Å². The number of carboxylic acid groups (broad SMARTS) is 1. The molecule has 0 radical (unpaired) electrons. The standard InChI is InChI=1S/C5H11NO2S.C3H9NO2S.ClH/c1-9-3-2-4(6)5(7)8;1-3(2)7(4,5)6;/h4H,2-3,6H2,1H3,(H,7,8);3H,1-2H3,(H2,4,5,6);1H/t4-;;/m0../s1. The molecule has 0 amide bonds. The fourth-order valence-corrected chi connectivity index (χ4v) is 0.858. The lowest BCUT2D eigenvalue weighted by atomic mass is 10.2. The normalized spacial score (nSPS) is 12.1. The average Bonchev–Trinajstić information content (AvgIpc) is 2.13. The van der Waals surface area contributed by atoms with Crippen LogP contribution in [-0.2, 0) is 14.8 Å². The second-order valence-electron chi connectivity index (χ2n) is 3.36. The van der Waals surface area contributed by atoms with Gasteiger partial charge in [0.1, 0.15) is 6.04 Å². The number of sulfonamides is 1. The summed E-state index contributed by atoms with van der Waals surface area (Å²) in [6.07, 6.45) is 2.48. The van der Waals surface area contributed by atoms with E-state index in [4.69, 9.17) is 10.8 Å². The van der Waals surface area contributed by atoms with Gasteiger partial charge in [-0.1, -0.05) is 0 Å². The molecule has 1 atom stereocenters. The van der Waals surface area contributed by atoms with Crippen LogP contribution in [0, 0.1) is 0 Å². The third kappa shape index (κ3) is 16.0. The van der Waals surface area contributed by atoms with E-state index in [0.29, 0.717) is 6.42 Å². The van der Waals surface area contributed by atoms with Crippen LogP contribution in [0.15, 0.2) is 0 Å². The number of nitrogens with two attached hydrogens (primary N) is 2. The molecule has 0 saturated carbocycles. The Morgan fingerprint density at radius 3 is 1.94 bits per heavy atom. The van der Waals surface area contributed by atoms with E-state index in [1.807, 2.05) is 6.26 Å². The number of aliphatic carboxylic acids is 1. The van der Waals surface area contributed by atoms with E-state index in [0.717, 1.165) is 5.75 Å². The number of carboxylic acids is 1. The summed E-state index contributed by atoms with van der Waals surface area (Å²) < 4.78 is 20.2. The monoisotopic (exact) mass is 308 g/mol. The van der Waals surface area contributed by atoms with Crippen LogP contribution < -0.4 is 10.9 Å². The minimum absolute atomic E-state index is 0. The van der Waals surface area contributed by atoms with Crippen molar-refractivity contribution in [2.24, 2.45) is 10.9 Å². The molecule has 0 spiro atoms. The molecule has 0 aromatic heterocycles. The second-order valence-corrected chi connectivity index (χ2v) is 6.47. The fourth-order valence-electron chi connectivity index (χ4n) is 0.368. The van der Waals surface area contributed by atoms with Crippen molar-refractivity contribution >= 4 is 40.2 Å². The lowest BCUT2D eigenvalue weighted by Crippen LogP contribution is -2.30. The molecule has 0 saturated heterocycles. The summed E-state index contributed by atoms with van der Waals surface area (Å²) in [6, 6.07) is -0.683. The van der Waals surface area contributed by atoms with Crippen LogP contribution in [0.2, 0.25) is 0 Å². The molecule has 0 unspecified atom stereocenters. The van der Waals surface area contributed by atoms with E-state index in [2.05, 4.69) is 5.14 Å². The Bertz CT molecular complexity index is 296. The first kappa shape index (κ1) is 22.2. The number of carbonyl (C=O) groups is 1. The van der Waals surface area contributed by atoms with Crippen LogP contribution in [0.5, 0.6) is 0 Å². The van der Waals surface area contributed by atoms with Gasteiger partial charge in [-0.3, -0.25) is 4.79 Å². The van der Waals surface area contributed by atoms with E-state index >= 15 is 0 Å². The third-order valence-corrected chi connectivity index (χ3v) is 3.57. The number of hydrogen-bond acceptors (Lipinski definition) is 5. The number of rotatable bonds is 5. The van der Waals surface area contributed by atoms with Gasteiger partial charge in [-0.15, -0.1) is 12.4 Å². The molecule has 0 heterocycles. The Morgan fingerprint density at radius 2 is 1.76 bits per heavy atom. The van der Waals surface area contributed by atoms with Crippen molar-refractivity contribution in [3.8, 4) is 0 Å². The van der Waals surface area contributed by atoms with Gasteiger partial charge in [-0.05, 0) is 32.3 Å². The number of halogens is 1. The van der Waals surface area contributed by atoms with Gasteiger partial charge < -0.3 is 10.8 Å². The lowest BCUT2D eigenvalue weighted by molar-refractivity contribution is -0.138. The minimum Gasteiger partial charge on any atom is -0.480 e. The molecule has 106 valence electrons. The molecule has 5 N–H and O–H groups in total. The highest BCUT2D eigenvalue weighted by molar-refractivity contribution is 7.98. The van der Waals surface area contributed by atoms with Crippen LogP contribution in [0.1, 0.15) is 20.3 Å². The Labute approximate surface area is 113 Å². The number of thioether (sulfide) groups is 1. The summed E-state index contributed by atoms with van der Waals surface area (Å²) in [7, 11) is -3.24. The Hall–Kier alpha value is -0.0200. The van der Waals surface area contributed by atoms with Gasteiger partial charge in [-0.25, -0.2) is 13.6 Å². The van der Waals surface area contributed by atoms with Gasteiger partial charge in [0.15, 0.2) is 0 Å². The van der Waals surface area contributed by atoms with Crippen LogP contribution in [0.4, 0.5) is 0 Å². The number of primary sulfonamides is 1. The highest BCUT2D eigenvalue weighted by Crippen LogP contribution is 1.97. The van der Waals surface area contributed by atoms with Crippen LogP contribution in [-0.4, -0.2) is 42.8 Å². The van der Waals surface area contributed by atoms with E-state index in [9.17, 15) is 13.2 Å². The number of hydrogen-bond donors (Lipinski definition) is 3. The molecule has 0 aliphatic rings. The van der Waals surface area contributed by atoms with Crippen molar-refractivity contribution in [3.63, 3.8) is 0 Å². The smallest absolute Gasteiger partial charge is 0.320 e. The van der Waals surface area contributed by atoms with Gasteiger partial charge in [-0.2, -0.15) is 11.8 Å². The van der Waals surface area contributed by atoms with E-state index in [-0.39, 0.29) is 12.4 Å². The molecular formula is C8H21ClN2O4S2. The predicted molar refractivity (Wildman–Crippen MR) is 74.1 cm³/mol. The van der Waals surface area contributed by atoms with E-state index in [1.165, 1.54) is 13.8 Å². The zero-order valence-electron chi connectivity index (χ0n) is 10.1. The first-order valence-electron chi connectivity index (χ1n) is 4.61. The maximum Gasteiger partial charge on any atom is 0.320 e. The van der Waals surface area contributed by atoms with Crippen molar-refractivity contribution in [3.05, 3.63) is 0 Å². The van der Waals surface area contributed by atoms with Crippen molar-refractivity contribution in [2.75, 3.05) is 12.0 Å². The maximum atomic E-state index is 10.1. The minimum atomic E-state index is -3.24. The SMILES string of the molecule is CC(C)S(N)(=O)=O.CSCC[C@H](N)C(=O)O.Cl. The maximum absolute atomic E-state index is 10.1. The molecule has 0 aliphatic heterocycles. The Morgan fingerprint density at radius 1 is 1.41 bits per heavy atom. The van der Waals surface area contributed by atoms with Crippen LogP contribution >= 0.6 is 24.2 Å². The first-order valence-corrected chi connectivity index (χ1v) is 7.62.